The number of rotatable bonds is 10. The van der Waals surface area contributed by atoms with Crippen LogP contribution in [0.1, 0.15) is 42.9 Å². The minimum Gasteiger partial charge on any atom is -0.463 e. The van der Waals surface area contributed by atoms with Crippen molar-refractivity contribution in [2.24, 2.45) is 0 Å². The number of thioether (sulfide) groups is 1. The number of benzene rings is 2. The Bertz CT molecular complexity index is 1840. The van der Waals surface area contributed by atoms with Crippen molar-refractivity contribution in [3.05, 3.63) is 64.0 Å². The highest BCUT2D eigenvalue weighted by Crippen LogP contribution is 2.50. The lowest BCUT2D eigenvalue weighted by Gasteiger charge is -2.44. The number of aromatic nitrogens is 1. The number of thiophene rings is 1. The number of carbonyl (C=O) groups excluding carboxylic acids is 5. The number of para-hydroxylation sites is 1. The summed E-state index contributed by atoms with van der Waals surface area (Å²) in [6, 6.07) is 13.9. The fraction of sp³-hybridized carbons (Fsp3) is 0.312. The molecule has 0 spiro atoms. The third-order valence-electron chi connectivity index (χ3n) is 6.90. The molecular weight excluding hydrogens is 704 g/mol. The second-order valence-corrected chi connectivity index (χ2v) is 14.4. The molecule has 1 aliphatic rings. The standard InChI is InChI=1S/C32H29ClN2O10S3/c1-14(36)41-13-21-26(42-15(2)37)27(43-16(3)38)28(44-17(4)39)31(45-21)48-32-23(30-35-20-7-5-6-8-22(20)46-30)24(34)29(47-32)25(40)18-9-11-19(33)12-10-18/h5-12,21,26-28,31H,13,34H2,1-4H3/t21-,26-,27+,28-,31?/m1/s1. The number of nitrogens with two attached hydrogens (primary N) is 1. The maximum absolute atomic E-state index is 13.8. The van der Waals surface area contributed by atoms with Crippen molar-refractivity contribution in [1.82, 2.24) is 4.98 Å². The van der Waals surface area contributed by atoms with Crippen molar-refractivity contribution in [2.45, 2.75) is 61.8 Å². The van der Waals surface area contributed by atoms with Crippen LogP contribution in [0.2, 0.25) is 5.02 Å². The molecule has 0 radical (unpaired) electrons. The number of ketones is 1. The maximum Gasteiger partial charge on any atom is 0.303 e. The molecule has 1 aliphatic heterocycles. The summed E-state index contributed by atoms with van der Waals surface area (Å²) in [6.45, 7) is 4.27. The number of fused-ring (bicyclic) bond motifs is 1. The summed E-state index contributed by atoms with van der Waals surface area (Å²) in [5.74, 6) is -3.22. The van der Waals surface area contributed by atoms with E-state index in [0.717, 1.165) is 54.1 Å². The van der Waals surface area contributed by atoms with Crippen molar-refractivity contribution in [3.63, 3.8) is 0 Å². The summed E-state index contributed by atoms with van der Waals surface area (Å²) in [5.41, 5.74) is 7.29. The Morgan fingerprint density at radius 1 is 0.854 bits per heavy atom. The molecule has 0 bridgehead atoms. The molecule has 0 saturated carbocycles. The third kappa shape index (κ3) is 7.98. The second kappa shape index (κ2) is 15.0. The number of esters is 4. The first-order valence-electron chi connectivity index (χ1n) is 14.4. The quantitative estimate of drug-likeness (QED) is 0.120. The summed E-state index contributed by atoms with van der Waals surface area (Å²) >= 11 is 9.55. The Kier molecular flexibility index (Phi) is 11.1. The van der Waals surface area contributed by atoms with Gasteiger partial charge in [-0.3, -0.25) is 24.0 Å². The van der Waals surface area contributed by atoms with Crippen LogP contribution < -0.4 is 5.73 Å². The normalized spacial score (nSPS) is 20.6. The second-order valence-electron chi connectivity index (χ2n) is 10.5. The molecule has 5 atom stereocenters. The van der Waals surface area contributed by atoms with Crippen molar-refractivity contribution in [2.75, 3.05) is 12.3 Å². The van der Waals surface area contributed by atoms with Crippen LogP contribution in [0.5, 0.6) is 0 Å². The fourth-order valence-corrected chi connectivity index (χ4v) is 8.99. The minimum absolute atomic E-state index is 0.173. The number of hydrogen-bond donors (Lipinski definition) is 1. The summed E-state index contributed by atoms with van der Waals surface area (Å²) in [7, 11) is 0. The highest BCUT2D eigenvalue weighted by molar-refractivity contribution is 8.01. The molecule has 252 valence electrons. The zero-order chi connectivity index (χ0) is 34.7. The van der Waals surface area contributed by atoms with Gasteiger partial charge < -0.3 is 29.4 Å². The van der Waals surface area contributed by atoms with E-state index in [4.69, 9.17) is 46.0 Å². The molecule has 1 saturated heterocycles. The van der Waals surface area contributed by atoms with Crippen molar-refractivity contribution in [3.8, 4) is 10.6 Å². The van der Waals surface area contributed by atoms with Crippen LogP contribution in [-0.4, -0.2) is 71.1 Å². The largest absolute Gasteiger partial charge is 0.463 e. The smallest absolute Gasteiger partial charge is 0.303 e. The SMILES string of the molecule is CC(=O)OC[C@H]1OC(Sc2sc(C(=O)c3ccc(Cl)cc3)c(N)c2-c2nc3ccccc3s2)[C@H](OC(C)=O)[C@@H](OC(C)=O)[C@@H]1OC(C)=O. The number of halogens is 1. The van der Waals surface area contributed by atoms with Crippen LogP contribution in [0.3, 0.4) is 0 Å². The highest BCUT2D eigenvalue weighted by atomic mass is 35.5. The van der Waals surface area contributed by atoms with Crippen molar-refractivity contribution < 1.29 is 47.7 Å². The van der Waals surface area contributed by atoms with Gasteiger partial charge in [0.2, 0.25) is 5.78 Å². The van der Waals surface area contributed by atoms with Gasteiger partial charge in [-0.05, 0) is 36.4 Å². The first-order chi connectivity index (χ1) is 22.8. The van der Waals surface area contributed by atoms with Gasteiger partial charge in [-0.1, -0.05) is 35.5 Å². The Morgan fingerprint density at radius 3 is 2.10 bits per heavy atom. The predicted molar refractivity (Wildman–Crippen MR) is 180 cm³/mol. The molecule has 3 heterocycles. The lowest BCUT2D eigenvalue weighted by molar-refractivity contribution is -0.237. The average molecular weight is 733 g/mol. The van der Waals surface area contributed by atoms with Crippen molar-refractivity contribution >= 4 is 91.6 Å². The van der Waals surface area contributed by atoms with Gasteiger partial charge in [-0.15, -0.1) is 22.7 Å². The summed E-state index contributed by atoms with van der Waals surface area (Å²) in [5, 5.41) is 0.981. The predicted octanol–water partition coefficient (Wildman–Crippen LogP) is 5.67. The van der Waals surface area contributed by atoms with E-state index in [0.29, 0.717) is 25.4 Å². The lowest BCUT2D eigenvalue weighted by Crippen LogP contribution is -2.61. The molecule has 5 rings (SSSR count). The van der Waals surface area contributed by atoms with Gasteiger partial charge in [0, 0.05) is 38.3 Å². The fourth-order valence-electron chi connectivity index (χ4n) is 4.98. The lowest BCUT2D eigenvalue weighted by atomic mass is 9.99. The van der Waals surface area contributed by atoms with Gasteiger partial charge >= 0.3 is 23.9 Å². The molecule has 16 heteroatoms. The van der Waals surface area contributed by atoms with E-state index in [9.17, 15) is 24.0 Å². The first-order valence-corrected chi connectivity index (χ1v) is 17.3. The Morgan fingerprint density at radius 2 is 1.48 bits per heavy atom. The first kappa shape index (κ1) is 35.3. The van der Waals surface area contributed by atoms with Gasteiger partial charge in [0.25, 0.3) is 0 Å². The average Bonchev–Trinajstić information content (AvgIpc) is 3.58. The van der Waals surface area contributed by atoms with Gasteiger partial charge in [0.05, 0.1) is 30.6 Å². The van der Waals surface area contributed by atoms with E-state index < -0.39 is 53.7 Å². The van der Waals surface area contributed by atoms with Gasteiger partial charge in [0.1, 0.15) is 23.2 Å². The summed E-state index contributed by atoms with van der Waals surface area (Å²) in [6.07, 6.45) is -5.15. The molecule has 12 nitrogen and oxygen atoms in total. The van der Waals surface area contributed by atoms with E-state index in [1.165, 1.54) is 18.3 Å². The number of hydrogen-bond acceptors (Lipinski definition) is 15. The number of thiazole rings is 1. The van der Waals surface area contributed by atoms with E-state index in [-0.39, 0.29) is 23.0 Å². The molecule has 2 N–H and O–H groups in total. The molecule has 4 aromatic rings. The minimum atomic E-state index is -1.36. The van der Waals surface area contributed by atoms with Crippen LogP contribution in [0.4, 0.5) is 5.69 Å². The van der Waals surface area contributed by atoms with Crippen molar-refractivity contribution in [1.29, 1.82) is 0 Å². The number of nitrogens with zero attached hydrogens (tertiary/aromatic N) is 1. The van der Waals surface area contributed by atoms with E-state index in [1.807, 2.05) is 24.3 Å². The number of carbonyl (C=O) groups is 5. The molecule has 1 fully saturated rings. The van der Waals surface area contributed by atoms with Crippen LogP contribution in [-0.2, 0) is 42.9 Å². The van der Waals surface area contributed by atoms with Gasteiger partial charge in [-0.2, -0.15) is 0 Å². The zero-order valence-electron chi connectivity index (χ0n) is 25.9. The highest BCUT2D eigenvalue weighted by Gasteiger charge is 2.53. The van der Waals surface area contributed by atoms with E-state index in [1.54, 1.807) is 24.3 Å². The molecule has 2 aromatic carbocycles. The Balaban J connectivity index is 1.64. The maximum atomic E-state index is 13.8. The Hall–Kier alpha value is -4.02. The van der Waals surface area contributed by atoms with E-state index >= 15 is 0 Å². The van der Waals surface area contributed by atoms with Crippen LogP contribution in [0.15, 0.2) is 52.7 Å². The zero-order valence-corrected chi connectivity index (χ0v) is 29.1. The summed E-state index contributed by atoms with van der Waals surface area (Å²) in [4.78, 5) is 67.4. The van der Waals surface area contributed by atoms with Crippen LogP contribution in [0, 0.1) is 0 Å². The van der Waals surface area contributed by atoms with Gasteiger partial charge in [-0.25, -0.2) is 4.98 Å². The molecule has 0 aliphatic carbocycles. The number of nitrogen functional groups attached to an aromatic ring is 1. The summed E-state index contributed by atoms with van der Waals surface area (Å²) < 4.78 is 29.6. The van der Waals surface area contributed by atoms with Crippen LogP contribution in [0.25, 0.3) is 20.8 Å². The molecule has 1 unspecified atom stereocenters. The monoisotopic (exact) mass is 732 g/mol. The molecule has 2 aromatic heterocycles. The topological polar surface area (TPSA) is 170 Å². The third-order valence-corrected chi connectivity index (χ3v) is 10.8. The van der Waals surface area contributed by atoms with Gasteiger partial charge in [0.15, 0.2) is 18.3 Å². The number of ether oxygens (including phenoxy) is 5. The molecule has 48 heavy (non-hydrogen) atoms. The Labute approximate surface area is 291 Å². The molecular formula is C32H29ClN2O10S3. The van der Waals surface area contributed by atoms with E-state index in [2.05, 4.69) is 0 Å². The van der Waals surface area contributed by atoms with Crippen LogP contribution >= 0.6 is 46.0 Å². The molecule has 0 amide bonds. The number of anilines is 1.